The predicted molar refractivity (Wildman–Crippen MR) is 132 cm³/mol. The topological polar surface area (TPSA) is 89.9 Å². The van der Waals surface area contributed by atoms with Crippen LogP contribution in [0, 0.1) is 5.92 Å². The minimum Gasteiger partial charge on any atom is -0.497 e. The van der Waals surface area contributed by atoms with Crippen LogP contribution >= 0.6 is 0 Å². The second-order valence-corrected chi connectivity index (χ2v) is 8.53. The lowest BCUT2D eigenvalue weighted by atomic mass is 9.97. The monoisotopic (exact) mass is 483 g/mol. The number of hydrogen-bond donors (Lipinski definition) is 0. The van der Waals surface area contributed by atoms with Crippen LogP contribution in [0.15, 0.2) is 41.5 Å². The molecule has 1 aliphatic heterocycles. The summed E-state index contributed by atoms with van der Waals surface area (Å²) in [6, 6.07) is 10.6. The molecular formula is C26H33N3O6. The highest BCUT2D eigenvalue weighted by atomic mass is 16.5. The third-order valence-electron chi connectivity index (χ3n) is 5.92. The number of methoxy groups -OCH3 is 4. The number of rotatable bonds is 9. The van der Waals surface area contributed by atoms with Gasteiger partial charge in [0, 0.05) is 31.0 Å². The Morgan fingerprint density at radius 2 is 1.66 bits per heavy atom. The first-order chi connectivity index (χ1) is 16.7. The van der Waals surface area contributed by atoms with Crippen molar-refractivity contribution >= 4 is 17.5 Å². The molecule has 3 rings (SSSR count). The average Bonchev–Trinajstić information content (AvgIpc) is 3.32. The first kappa shape index (κ1) is 25.9. The van der Waals surface area contributed by atoms with Crippen LogP contribution in [-0.2, 0) is 9.59 Å². The summed E-state index contributed by atoms with van der Waals surface area (Å²) in [5.41, 5.74) is 2.29. The molecule has 0 fully saturated rings. The summed E-state index contributed by atoms with van der Waals surface area (Å²) in [7, 11) is 7.93. The molecule has 9 nitrogen and oxygen atoms in total. The predicted octanol–water partition coefficient (Wildman–Crippen LogP) is 3.51. The molecule has 1 unspecified atom stereocenters. The number of ether oxygens (including phenoxy) is 4. The van der Waals surface area contributed by atoms with E-state index in [9.17, 15) is 9.59 Å². The zero-order chi connectivity index (χ0) is 25.7. The highest BCUT2D eigenvalue weighted by Crippen LogP contribution is 2.39. The van der Waals surface area contributed by atoms with Gasteiger partial charge in [-0.15, -0.1) is 0 Å². The smallest absolute Gasteiger partial charge is 0.262 e. The van der Waals surface area contributed by atoms with Crippen LogP contribution in [0.2, 0.25) is 0 Å². The lowest BCUT2D eigenvalue weighted by molar-refractivity contribution is -0.142. The Labute approximate surface area is 206 Å². The van der Waals surface area contributed by atoms with E-state index >= 15 is 0 Å². The zero-order valence-corrected chi connectivity index (χ0v) is 21.3. The van der Waals surface area contributed by atoms with E-state index in [1.807, 2.05) is 24.3 Å². The van der Waals surface area contributed by atoms with Crippen LogP contribution in [0.3, 0.4) is 0 Å². The van der Waals surface area contributed by atoms with Crippen molar-refractivity contribution in [1.82, 2.24) is 9.91 Å². The van der Waals surface area contributed by atoms with Gasteiger partial charge in [-0.05, 0) is 29.8 Å². The van der Waals surface area contributed by atoms with Gasteiger partial charge in [0.1, 0.15) is 18.0 Å². The van der Waals surface area contributed by atoms with Crippen molar-refractivity contribution in [3.63, 3.8) is 0 Å². The minimum atomic E-state index is -0.397. The molecule has 0 saturated heterocycles. The molecule has 0 saturated carbocycles. The molecule has 2 aromatic carbocycles. The Hall–Kier alpha value is -3.75. The van der Waals surface area contributed by atoms with E-state index in [1.165, 1.54) is 9.91 Å². The molecule has 1 aliphatic rings. The van der Waals surface area contributed by atoms with Gasteiger partial charge in [-0.2, -0.15) is 5.10 Å². The minimum absolute atomic E-state index is 0.0860. The van der Waals surface area contributed by atoms with Crippen LogP contribution < -0.4 is 18.9 Å². The van der Waals surface area contributed by atoms with E-state index in [2.05, 4.69) is 0 Å². The average molecular weight is 484 g/mol. The molecule has 0 N–H and O–H groups in total. The summed E-state index contributed by atoms with van der Waals surface area (Å²) < 4.78 is 21.7. The number of nitrogens with zero attached hydrogens (tertiary/aromatic N) is 3. The fourth-order valence-electron chi connectivity index (χ4n) is 4.05. The molecule has 188 valence electrons. The Morgan fingerprint density at radius 1 is 0.971 bits per heavy atom. The number of carbonyl (C=O) groups excluding carboxylic acids is 2. The molecule has 35 heavy (non-hydrogen) atoms. The quantitative estimate of drug-likeness (QED) is 0.542. The maximum atomic E-state index is 13.4. The SMILES string of the molecule is COc1ccc(C2=NN(C(=O)CN(C)C(=O)C(C)C)C(c3ccc(OC)c(OC)c3)C2)c(OC)c1. The molecule has 9 heteroatoms. The molecular weight excluding hydrogens is 450 g/mol. The van der Waals surface area contributed by atoms with Gasteiger partial charge in [0.25, 0.3) is 5.91 Å². The first-order valence-corrected chi connectivity index (χ1v) is 11.3. The summed E-state index contributed by atoms with van der Waals surface area (Å²) in [6.07, 6.45) is 0.450. The standard InChI is InChI=1S/C26H33N3O6/c1-16(2)26(31)28(3)15-25(30)29-21(17-8-11-22(33-5)24(12-17)35-7)14-20(27-29)19-10-9-18(32-4)13-23(19)34-6/h8-13,16,21H,14-15H2,1-7H3. The normalized spacial score (nSPS) is 15.0. The number of likely N-dealkylation sites (N-methyl/N-ethyl adjacent to an activating group) is 1. The molecule has 2 amide bonds. The summed E-state index contributed by atoms with van der Waals surface area (Å²) in [6.45, 7) is 3.52. The van der Waals surface area contributed by atoms with Crippen molar-refractivity contribution in [2.24, 2.45) is 11.0 Å². The maximum absolute atomic E-state index is 13.4. The molecule has 0 bridgehead atoms. The van der Waals surface area contributed by atoms with Gasteiger partial charge in [-0.1, -0.05) is 19.9 Å². The van der Waals surface area contributed by atoms with Crippen LogP contribution in [-0.4, -0.2) is 69.5 Å². The van der Waals surface area contributed by atoms with Gasteiger partial charge < -0.3 is 23.8 Å². The van der Waals surface area contributed by atoms with E-state index in [-0.39, 0.29) is 24.3 Å². The Bertz CT molecular complexity index is 1110. The van der Waals surface area contributed by atoms with Gasteiger partial charge >= 0.3 is 0 Å². The molecule has 0 aromatic heterocycles. The van der Waals surface area contributed by atoms with Gasteiger partial charge in [-0.25, -0.2) is 5.01 Å². The van der Waals surface area contributed by atoms with Crippen LogP contribution in [0.25, 0.3) is 0 Å². The van der Waals surface area contributed by atoms with E-state index in [4.69, 9.17) is 24.0 Å². The largest absolute Gasteiger partial charge is 0.497 e. The molecule has 0 aliphatic carbocycles. The van der Waals surface area contributed by atoms with Gasteiger partial charge in [0.05, 0.1) is 40.2 Å². The van der Waals surface area contributed by atoms with Crippen LogP contribution in [0.4, 0.5) is 0 Å². The summed E-state index contributed by atoms with van der Waals surface area (Å²) in [4.78, 5) is 27.2. The van der Waals surface area contributed by atoms with E-state index < -0.39 is 6.04 Å². The number of hydrogen-bond acceptors (Lipinski definition) is 7. The van der Waals surface area contributed by atoms with E-state index in [1.54, 1.807) is 61.5 Å². The molecule has 1 atom stereocenters. The Balaban J connectivity index is 2.01. The lowest BCUT2D eigenvalue weighted by Crippen LogP contribution is -2.40. The Kier molecular flexibility index (Phi) is 8.22. The third-order valence-corrected chi connectivity index (χ3v) is 5.92. The van der Waals surface area contributed by atoms with Crippen LogP contribution in [0.5, 0.6) is 23.0 Å². The summed E-state index contributed by atoms with van der Waals surface area (Å²) in [5.74, 6) is 1.78. The van der Waals surface area contributed by atoms with E-state index in [0.717, 1.165) is 11.1 Å². The number of benzene rings is 2. The molecule has 2 aromatic rings. The van der Waals surface area contributed by atoms with Gasteiger partial charge in [0.2, 0.25) is 5.91 Å². The Morgan fingerprint density at radius 3 is 2.26 bits per heavy atom. The van der Waals surface area contributed by atoms with Crippen LogP contribution in [0.1, 0.15) is 37.4 Å². The number of hydrazone groups is 1. The van der Waals surface area contributed by atoms with Crippen molar-refractivity contribution in [2.75, 3.05) is 42.0 Å². The lowest BCUT2D eigenvalue weighted by Gasteiger charge is -2.26. The summed E-state index contributed by atoms with van der Waals surface area (Å²) >= 11 is 0. The fourth-order valence-corrected chi connectivity index (χ4v) is 4.05. The second kappa shape index (κ2) is 11.1. The highest BCUT2D eigenvalue weighted by Gasteiger charge is 2.35. The molecule has 1 heterocycles. The van der Waals surface area contributed by atoms with Crippen molar-refractivity contribution in [2.45, 2.75) is 26.3 Å². The highest BCUT2D eigenvalue weighted by molar-refractivity contribution is 6.05. The first-order valence-electron chi connectivity index (χ1n) is 11.3. The van der Waals surface area contributed by atoms with Gasteiger partial charge in [0.15, 0.2) is 11.5 Å². The van der Waals surface area contributed by atoms with Crippen molar-refractivity contribution in [1.29, 1.82) is 0 Å². The zero-order valence-electron chi connectivity index (χ0n) is 21.3. The van der Waals surface area contributed by atoms with E-state index in [0.29, 0.717) is 35.1 Å². The molecule has 0 spiro atoms. The van der Waals surface area contributed by atoms with Crippen molar-refractivity contribution < 1.29 is 28.5 Å². The second-order valence-electron chi connectivity index (χ2n) is 8.53. The van der Waals surface area contributed by atoms with Crippen molar-refractivity contribution in [3.05, 3.63) is 47.5 Å². The third kappa shape index (κ3) is 5.50. The summed E-state index contributed by atoms with van der Waals surface area (Å²) in [5, 5.41) is 6.15. The van der Waals surface area contributed by atoms with Crippen molar-refractivity contribution in [3.8, 4) is 23.0 Å². The molecule has 0 radical (unpaired) electrons. The van der Waals surface area contributed by atoms with Gasteiger partial charge in [-0.3, -0.25) is 9.59 Å². The number of carbonyl (C=O) groups is 2. The number of amides is 2. The maximum Gasteiger partial charge on any atom is 0.262 e. The fraction of sp³-hybridized carbons (Fsp3) is 0.423.